The number of hydrogen-bond donors (Lipinski definition) is 0. The van der Waals surface area contributed by atoms with Gasteiger partial charge in [-0.15, -0.1) is 0 Å². The summed E-state index contributed by atoms with van der Waals surface area (Å²) in [7, 11) is 0. The van der Waals surface area contributed by atoms with Crippen molar-refractivity contribution in [1.29, 1.82) is 0 Å². The molecule has 0 unspecified atom stereocenters. The number of ether oxygens (including phenoxy) is 1. The molecule has 1 heterocycles. The molecule has 0 saturated carbocycles. The predicted molar refractivity (Wildman–Crippen MR) is 111 cm³/mol. The molecule has 3 aromatic rings. The summed E-state index contributed by atoms with van der Waals surface area (Å²) in [4.78, 5) is 18.8. The van der Waals surface area contributed by atoms with Gasteiger partial charge in [-0.3, -0.25) is 4.79 Å². The first-order chi connectivity index (χ1) is 14.0. The first-order valence-electron chi connectivity index (χ1n) is 9.87. The van der Waals surface area contributed by atoms with E-state index in [9.17, 15) is 4.79 Å². The number of carbonyl (C=O) groups is 1. The van der Waals surface area contributed by atoms with Crippen LogP contribution in [0.4, 0.5) is 0 Å². The summed E-state index contributed by atoms with van der Waals surface area (Å²) in [6.07, 6.45) is 0.967. The molecule has 0 atom stereocenters. The zero-order valence-electron chi connectivity index (χ0n) is 17.4. The second-order valence-corrected chi connectivity index (χ2v) is 7.28. The van der Waals surface area contributed by atoms with Crippen LogP contribution in [0.1, 0.15) is 37.8 Å². The van der Waals surface area contributed by atoms with E-state index in [4.69, 9.17) is 9.26 Å². The Bertz CT molecular complexity index is 931. The van der Waals surface area contributed by atoms with Crippen LogP contribution in [-0.2, 0) is 17.8 Å². The molecular weight excluding hydrogens is 366 g/mol. The molecule has 0 fully saturated rings. The minimum Gasteiger partial charge on any atom is -0.484 e. The molecule has 0 aliphatic heterocycles. The summed E-state index contributed by atoms with van der Waals surface area (Å²) >= 11 is 0. The van der Waals surface area contributed by atoms with Gasteiger partial charge in [-0.25, -0.2) is 0 Å². The number of nitrogens with zero attached hydrogens (tertiary/aromatic N) is 3. The quantitative estimate of drug-likeness (QED) is 0.566. The molecule has 1 amide bonds. The van der Waals surface area contributed by atoms with Crippen LogP contribution in [0.2, 0.25) is 0 Å². The maximum Gasteiger partial charge on any atom is 0.261 e. The molecule has 0 N–H and O–H groups in total. The summed E-state index contributed by atoms with van der Waals surface area (Å²) in [5.74, 6) is 1.46. The van der Waals surface area contributed by atoms with Crippen molar-refractivity contribution in [2.75, 3.05) is 6.61 Å². The van der Waals surface area contributed by atoms with Crippen LogP contribution < -0.4 is 4.74 Å². The summed E-state index contributed by atoms with van der Waals surface area (Å²) in [6.45, 7) is 8.23. The van der Waals surface area contributed by atoms with E-state index in [1.54, 1.807) is 4.90 Å². The van der Waals surface area contributed by atoms with Crippen molar-refractivity contribution in [2.24, 2.45) is 0 Å². The number of benzene rings is 2. The number of hydrogen-bond acceptors (Lipinski definition) is 5. The Labute approximate surface area is 171 Å². The lowest BCUT2D eigenvalue weighted by Crippen LogP contribution is -2.39. The number of aromatic nitrogens is 2. The number of rotatable bonds is 8. The topological polar surface area (TPSA) is 68.5 Å². The van der Waals surface area contributed by atoms with Crippen molar-refractivity contribution < 1.29 is 14.1 Å². The van der Waals surface area contributed by atoms with Gasteiger partial charge < -0.3 is 14.2 Å². The third-order valence-electron chi connectivity index (χ3n) is 4.72. The number of aryl methyl sites for hydroxylation is 2. The maximum atomic E-state index is 12.7. The smallest absolute Gasteiger partial charge is 0.261 e. The lowest BCUT2D eigenvalue weighted by atomic mass is 10.1. The van der Waals surface area contributed by atoms with Gasteiger partial charge in [-0.1, -0.05) is 54.0 Å². The maximum absolute atomic E-state index is 12.7. The molecule has 29 heavy (non-hydrogen) atoms. The summed E-state index contributed by atoms with van der Waals surface area (Å²) in [5.41, 5.74) is 3.28. The lowest BCUT2D eigenvalue weighted by molar-refractivity contribution is -0.136. The molecular formula is C23H27N3O3. The van der Waals surface area contributed by atoms with Crippen LogP contribution in [0.3, 0.4) is 0 Å². The third-order valence-corrected chi connectivity index (χ3v) is 4.72. The Morgan fingerprint density at radius 1 is 1.10 bits per heavy atom. The zero-order chi connectivity index (χ0) is 20.8. The van der Waals surface area contributed by atoms with Crippen molar-refractivity contribution in [1.82, 2.24) is 15.0 Å². The molecule has 1 aromatic heterocycles. The Hall–Kier alpha value is -3.15. The Kier molecular flexibility index (Phi) is 6.65. The van der Waals surface area contributed by atoms with Gasteiger partial charge in [0.1, 0.15) is 12.3 Å². The van der Waals surface area contributed by atoms with Crippen LogP contribution in [0.15, 0.2) is 53.1 Å². The van der Waals surface area contributed by atoms with E-state index < -0.39 is 0 Å². The first-order valence-corrected chi connectivity index (χ1v) is 9.87. The molecule has 0 saturated heterocycles. The number of amides is 1. The highest BCUT2D eigenvalue weighted by molar-refractivity contribution is 5.78. The third kappa shape index (κ3) is 5.44. The highest BCUT2D eigenvalue weighted by Crippen LogP contribution is 2.18. The SMILES string of the molecule is CCc1ccc(OCC(=O)N(Cc2nc(-c3ccc(C)cc3)no2)C(C)C)cc1. The van der Waals surface area contributed by atoms with Gasteiger partial charge in [0.05, 0.1) is 0 Å². The average molecular weight is 393 g/mol. The molecule has 0 bridgehead atoms. The molecule has 6 nitrogen and oxygen atoms in total. The van der Waals surface area contributed by atoms with Gasteiger partial charge >= 0.3 is 0 Å². The van der Waals surface area contributed by atoms with Crippen molar-refractivity contribution in [3.63, 3.8) is 0 Å². The van der Waals surface area contributed by atoms with Crippen LogP contribution in [-0.4, -0.2) is 33.6 Å². The van der Waals surface area contributed by atoms with Crippen LogP contribution in [0.25, 0.3) is 11.4 Å². The van der Waals surface area contributed by atoms with Gasteiger partial charge in [-0.2, -0.15) is 4.98 Å². The largest absolute Gasteiger partial charge is 0.484 e. The van der Waals surface area contributed by atoms with Gasteiger partial charge in [0.25, 0.3) is 5.91 Å². The second kappa shape index (κ2) is 9.37. The van der Waals surface area contributed by atoms with Gasteiger partial charge in [0.2, 0.25) is 11.7 Å². The molecule has 3 rings (SSSR count). The van der Waals surface area contributed by atoms with Crippen LogP contribution in [0, 0.1) is 6.92 Å². The Morgan fingerprint density at radius 2 is 1.79 bits per heavy atom. The summed E-state index contributed by atoms with van der Waals surface area (Å²) < 4.78 is 11.0. The van der Waals surface area contributed by atoms with Gasteiger partial charge in [-0.05, 0) is 44.9 Å². The molecule has 6 heteroatoms. The van der Waals surface area contributed by atoms with E-state index in [2.05, 4.69) is 17.1 Å². The van der Waals surface area contributed by atoms with E-state index in [-0.39, 0.29) is 25.1 Å². The standard InChI is InChI=1S/C23H27N3O3/c1-5-18-8-12-20(13-9-18)28-15-22(27)26(16(2)3)14-21-24-23(25-29-21)19-10-6-17(4)7-11-19/h6-13,16H,5,14-15H2,1-4H3. The Morgan fingerprint density at radius 3 is 2.41 bits per heavy atom. The minimum atomic E-state index is -0.130. The fraction of sp³-hybridized carbons (Fsp3) is 0.348. The highest BCUT2D eigenvalue weighted by atomic mass is 16.5. The van der Waals surface area contributed by atoms with E-state index >= 15 is 0 Å². The fourth-order valence-electron chi connectivity index (χ4n) is 2.89. The first kappa shape index (κ1) is 20.6. The minimum absolute atomic E-state index is 0.0247. The number of carbonyl (C=O) groups excluding carboxylic acids is 1. The van der Waals surface area contributed by atoms with Gasteiger partial charge in [0.15, 0.2) is 6.61 Å². The van der Waals surface area contributed by atoms with Crippen LogP contribution >= 0.6 is 0 Å². The summed E-state index contributed by atoms with van der Waals surface area (Å²) in [5, 5.41) is 4.04. The molecule has 0 spiro atoms. The molecule has 2 aromatic carbocycles. The van der Waals surface area contributed by atoms with Crippen molar-refractivity contribution in [2.45, 2.75) is 46.7 Å². The highest BCUT2D eigenvalue weighted by Gasteiger charge is 2.21. The zero-order valence-corrected chi connectivity index (χ0v) is 17.4. The van der Waals surface area contributed by atoms with Crippen molar-refractivity contribution in [3.8, 4) is 17.1 Å². The van der Waals surface area contributed by atoms with E-state index in [1.165, 1.54) is 11.1 Å². The van der Waals surface area contributed by atoms with Crippen molar-refractivity contribution in [3.05, 3.63) is 65.5 Å². The molecule has 0 aliphatic carbocycles. The van der Waals surface area contributed by atoms with Crippen LogP contribution in [0.5, 0.6) is 5.75 Å². The van der Waals surface area contributed by atoms with Crippen molar-refractivity contribution >= 4 is 5.91 Å². The van der Waals surface area contributed by atoms with E-state index in [0.717, 1.165) is 12.0 Å². The Balaban J connectivity index is 1.63. The summed E-state index contributed by atoms with van der Waals surface area (Å²) in [6, 6.07) is 15.7. The average Bonchev–Trinajstić information content (AvgIpc) is 3.19. The molecule has 152 valence electrons. The normalized spacial score (nSPS) is 10.9. The second-order valence-electron chi connectivity index (χ2n) is 7.28. The molecule has 0 aliphatic rings. The fourth-order valence-corrected chi connectivity index (χ4v) is 2.89. The predicted octanol–water partition coefficient (Wildman–Crippen LogP) is 4.42. The van der Waals surface area contributed by atoms with E-state index in [1.807, 2.05) is 69.3 Å². The lowest BCUT2D eigenvalue weighted by Gasteiger charge is -2.25. The van der Waals surface area contributed by atoms with E-state index in [0.29, 0.717) is 17.5 Å². The molecule has 0 radical (unpaired) electrons. The monoisotopic (exact) mass is 393 g/mol. The van der Waals surface area contributed by atoms with Gasteiger partial charge in [0, 0.05) is 11.6 Å².